The number of non-ortho nitro benzene ring substituents is 1. The molecule has 0 aliphatic rings. The van der Waals surface area contributed by atoms with Crippen LogP contribution in [-0.2, 0) is 0 Å². The molecule has 0 fully saturated rings. The van der Waals surface area contributed by atoms with Crippen LogP contribution in [0, 0.1) is 17.0 Å². The van der Waals surface area contributed by atoms with Crippen molar-refractivity contribution in [3.63, 3.8) is 0 Å². The van der Waals surface area contributed by atoms with Crippen molar-refractivity contribution in [2.24, 2.45) is 5.73 Å². The van der Waals surface area contributed by atoms with Crippen molar-refractivity contribution in [2.75, 3.05) is 6.54 Å². The molecule has 1 aromatic carbocycles. The molecule has 1 rings (SSSR count). The highest BCUT2D eigenvalue weighted by Gasteiger charge is 2.14. The molecular formula is C11H15N3O3. The Morgan fingerprint density at radius 3 is 2.76 bits per heavy atom. The zero-order valence-corrected chi connectivity index (χ0v) is 9.77. The molecule has 6 heteroatoms. The van der Waals surface area contributed by atoms with Gasteiger partial charge in [-0.05, 0) is 19.4 Å². The number of carbonyl (C=O) groups excluding carboxylic acids is 1. The lowest BCUT2D eigenvalue weighted by molar-refractivity contribution is -0.384. The fourth-order valence-electron chi connectivity index (χ4n) is 1.32. The van der Waals surface area contributed by atoms with Crippen molar-refractivity contribution in [1.29, 1.82) is 0 Å². The maximum absolute atomic E-state index is 11.8. The number of benzene rings is 1. The third-order valence-corrected chi connectivity index (χ3v) is 2.26. The number of hydrogen-bond donors (Lipinski definition) is 2. The van der Waals surface area contributed by atoms with Gasteiger partial charge in [0.1, 0.15) is 0 Å². The van der Waals surface area contributed by atoms with Gasteiger partial charge < -0.3 is 11.1 Å². The number of nitrogens with two attached hydrogens (primary N) is 1. The molecule has 1 aromatic rings. The maximum Gasteiger partial charge on any atom is 0.270 e. The Labute approximate surface area is 99.0 Å². The second-order valence-electron chi connectivity index (χ2n) is 3.94. The number of nitro benzene ring substituents is 1. The minimum Gasteiger partial charge on any atom is -0.350 e. The number of amides is 1. The molecule has 92 valence electrons. The molecule has 0 saturated carbocycles. The van der Waals surface area contributed by atoms with Gasteiger partial charge in [-0.1, -0.05) is 6.07 Å². The molecule has 3 N–H and O–H groups in total. The van der Waals surface area contributed by atoms with Crippen LogP contribution in [0.25, 0.3) is 0 Å². The second-order valence-corrected chi connectivity index (χ2v) is 3.94. The molecule has 1 atom stereocenters. The zero-order chi connectivity index (χ0) is 13.0. The molecule has 0 saturated heterocycles. The molecule has 0 heterocycles. The smallest absolute Gasteiger partial charge is 0.270 e. The Kier molecular flexibility index (Phi) is 4.17. The van der Waals surface area contributed by atoms with Gasteiger partial charge in [0.05, 0.1) is 4.92 Å². The summed E-state index contributed by atoms with van der Waals surface area (Å²) in [5.41, 5.74) is 6.41. The highest BCUT2D eigenvalue weighted by atomic mass is 16.6. The Morgan fingerprint density at radius 1 is 1.59 bits per heavy atom. The largest absolute Gasteiger partial charge is 0.350 e. The SMILES string of the molecule is Cc1ccc([N+](=O)[O-])cc1C(=O)NCC(C)N. The van der Waals surface area contributed by atoms with Gasteiger partial charge in [0.25, 0.3) is 11.6 Å². The average Bonchev–Trinajstić information content (AvgIpc) is 2.26. The molecule has 0 aliphatic carbocycles. The van der Waals surface area contributed by atoms with Crippen LogP contribution in [0.2, 0.25) is 0 Å². The average molecular weight is 237 g/mol. The summed E-state index contributed by atoms with van der Waals surface area (Å²) >= 11 is 0. The maximum atomic E-state index is 11.8. The van der Waals surface area contributed by atoms with Crippen LogP contribution in [0.3, 0.4) is 0 Å². The number of rotatable bonds is 4. The van der Waals surface area contributed by atoms with E-state index in [0.717, 1.165) is 0 Å². The van der Waals surface area contributed by atoms with E-state index in [0.29, 0.717) is 17.7 Å². The minimum absolute atomic E-state index is 0.0958. The summed E-state index contributed by atoms with van der Waals surface area (Å²) < 4.78 is 0. The number of nitrogens with one attached hydrogen (secondary N) is 1. The zero-order valence-electron chi connectivity index (χ0n) is 9.77. The van der Waals surface area contributed by atoms with E-state index in [1.807, 2.05) is 0 Å². The van der Waals surface area contributed by atoms with Gasteiger partial charge in [-0.2, -0.15) is 0 Å². The van der Waals surface area contributed by atoms with Crippen molar-refractivity contribution >= 4 is 11.6 Å². The lowest BCUT2D eigenvalue weighted by atomic mass is 10.1. The molecule has 0 spiro atoms. The summed E-state index contributed by atoms with van der Waals surface area (Å²) in [6.45, 7) is 3.83. The van der Waals surface area contributed by atoms with Crippen LogP contribution in [-0.4, -0.2) is 23.4 Å². The van der Waals surface area contributed by atoms with E-state index in [1.165, 1.54) is 12.1 Å². The van der Waals surface area contributed by atoms with Crippen LogP contribution >= 0.6 is 0 Å². The Morgan fingerprint density at radius 2 is 2.24 bits per heavy atom. The third-order valence-electron chi connectivity index (χ3n) is 2.26. The van der Waals surface area contributed by atoms with Crippen molar-refractivity contribution in [2.45, 2.75) is 19.9 Å². The normalized spacial score (nSPS) is 11.9. The standard InChI is InChI=1S/C11H15N3O3/c1-7-3-4-9(14(16)17)5-10(7)11(15)13-6-8(2)12/h3-5,8H,6,12H2,1-2H3,(H,13,15). The predicted octanol–water partition coefficient (Wildman–Crippen LogP) is 0.980. The van der Waals surface area contributed by atoms with E-state index < -0.39 is 4.92 Å². The van der Waals surface area contributed by atoms with Crippen molar-refractivity contribution in [3.05, 3.63) is 39.4 Å². The van der Waals surface area contributed by atoms with Gasteiger partial charge in [-0.3, -0.25) is 14.9 Å². The molecule has 1 amide bonds. The summed E-state index contributed by atoms with van der Waals surface area (Å²) in [6.07, 6.45) is 0. The fraction of sp³-hybridized carbons (Fsp3) is 0.364. The quantitative estimate of drug-likeness (QED) is 0.602. The van der Waals surface area contributed by atoms with Gasteiger partial charge in [0.15, 0.2) is 0 Å². The van der Waals surface area contributed by atoms with Crippen LogP contribution in [0.4, 0.5) is 5.69 Å². The van der Waals surface area contributed by atoms with Crippen LogP contribution < -0.4 is 11.1 Å². The van der Waals surface area contributed by atoms with E-state index in [1.54, 1.807) is 19.9 Å². The molecular weight excluding hydrogens is 222 g/mol. The molecule has 0 bridgehead atoms. The van der Waals surface area contributed by atoms with E-state index in [-0.39, 0.29) is 17.6 Å². The first-order valence-electron chi connectivity index (χ1n) is 5.20. The van der Waals surface area contributed by atoms with Gasteiger partial charge >= 0.3 is 0 Å². The molecule has 0 aromatic heterocycles. The van der Waals surface area contributed by atoms with Gasteiger partial charge in [-0.25, -0.2) is 0 Å². The van der Waals surface area contributed by atoms with Gasteiger partial charge in [-0.15, -0.1) is 0 Å². The molecule has 0 aliphatic heterocycles. The first kappa shape index (κ1) is 13.1. The summed E-state index contributed by atoms with van der Waals surface area (Å²) in [4.78, 5) is 21.8. The van der Waals surface area contributed by atoms with Gasteiger partial charge in [0.2, 0.25) is 0 Å². The number of carbonyl (C=O) groups is 1. The van der Waals surface area contributed by atoms with Crippen molar-refractivity contribution in [1.82, 2.24) is 5.32 Å². The second kappa shape index (κ2) is 5.40. The van der Waals surface area contributed by atoms with Crippen molar-refractivity contribution in [3.8, 4) is 0 Å². The van der Waals surface area contributed by atoms with E-state index >= 15 is 0 Å². The Hall–Kier alpha value is -1.95. The van der Waals surface area contributed by atoms with E-state index in [9.17, 15) is 14.9 Å². The van der Waals surface area contributed by atoms with Crippen LogP contribution in [0.1, 0.15) is 22.8 Å². The van der Waals surface area contributed by atoms with Crippen LogP contribution in [0.5, 0.6) is 0 Å². The highest BCUT2D eigenvalue weighted by Crippen LogP contribution is 2.17. The number of nitrogens with zero attached hydrogens (tertiary/aromatic N) is 1. The monoisotopic (exact) mass is 237 g/mol. The number of nitro groups is 1. The molecule has 0 radical (unpaired) electrons. The number of aryl methyl sites for hydroxylation is 1. The summed E-state index contributed by atoms with van der Waals surface area (Å²) in [6, 6.07) is 4.04. The lowest BCUT2D eigenvalue weighted by Gasteiger charge is -2.09. The summed E-state index contributed by atoms with van der Waals surface area (Å²) in [5, 5.41) is 13.2. The first-order valence-corrected chi connectivity index (χ1v) is 5.20. The number of hydrogen-bond acceptors (Lipinski definition) is 4. The first-order chi connectivity index (χ1) is 7.91. The molecule has 1 unspecified atom stereocenters. The predicted molar refractivity (Wildman–Crippen MR) is 63.8 cm³/mol. The third kappa shape index (κ3) is 3.53. The minimum atomic E-state index is -0.526. The highest BCUT2D eigenvalue weighted by molar-refractivity contribution is 5.96. The fourth-order valence-corrected chi connectivity index (χ4v) is 1.32. The molecule has 6 nitrogen and oxygen atoms in total. The van der Waals surface area contributed by atoms with Crippen molar-refractivity contribution < 1.29 is 9.72 Å². The van der Waals surface area contributed by atoms with E-state index in [2.05, 4.69) is 5.32 Å². The summed E-state index contributed by atoms with van der Waals surface area (Å²) in [7, 11) is 0. The van der Waals surface area contributed by atoms with Gasteiger partial charge in [0, 0.05) is 30.3 Å². The Balaban J connectivity index is 2.92. The summed E-state index contributed by atoms with van der Waals surface area (Å²) in [5.74, 6) is -0.344. The van der Waals surface area contributed by atoms with Crippen LogP contribution in [0.15, 0.2) is 18.2 Å². The Bertz CT molecular complexity index is 444. The topological polar surface area (TPSA) is 98.3 Å². The lowest BCUT2D eigenvalue weighted by Crippen LogP contribution is -2.35. The molecule has 17 heavy (non-hydrogen) atoms. The van der Waals surface area contributed by atoms with E-state index in [4.69, 9.17) is 5.73 Å².